The Kier molecular flexibility index (Phi) is 1.83. The molecule has 11 heavy (non-hydrogen) atoms. The van der Waals surface area contributed by atoms with Crippen molar-refractivity contribution >= 4 is 11.4 Å². The average Bonchev–Trinajstić information content (AvgIpc) is 2.04. The molecule has 0 radical (unpaired) electrons. The molecule has 0 unspecified atom stereocenters. The number of nitrogens with zero attached hydrogens (tertiary/aromatic N) is 1. The van der Waals surface area contributed by atoms with E-state index < -0.39 is 0 Å². The van der Waals surface area contributed by atoms with E-state index in [0.29, 0.717) is 16.9 Å². The number of benzene rings is 1. The van der Waals surface area contributed by atoms with Crippen LogP contribution >= 0.6 is 0 Å². The minimum atomic E-state index is 0.313. The molecule has 0 saturated carbocycles. The largest absolute Gasteiger partial charge is 0.397 e. The summed E-state index contributed by atoms with van der Waals surface area (Å²) in [4.78, 5) is 10.1. The van der Waals surface area contributed by atoms with Crippen LogP contribution in [0.2, 0.25) is 0 Å². The van der Waals surface area contributed by atoms with Gasteiger partial charge in [-0.2, -0.15) is 5.26 Å². The van der Waals surface area contributed by atoms with E-state index in [1.54, 1.807) is 5.18 Å². The minimum absolute atomic E-state index is 0.313. The molecule has 0 saturated heterocycles. The standard InChI is InChI=1S/C7H5N3O/c8-4-5-1-2-6(10-11)3-7(5)9/h1-3H,9H2/p+1. The molecule has 0 spiro atoms. The highest BCUT2D eigenvalue weighted by Crippen LogP contribution is 2.12. The van der Waals surface area contributed by atoms with Crippen molar-refractivity contribution < 1.29 is 5.18 Å². The van der Waals surface area contributed by atoms with Gasteiger partial charge in [-0.1, -0.05) is 0 Å². The first-order valence-corrected chi connectivity index (χ1v) is 2.95. The smallest absolute Gasteiger partial charge is 0.255 e. The predicted octanol–water partition coefficient (Wildman–Crippen LogP) is -0.381. The van der Waals surface area contributed by atoms with Gasteiger partial charge in [-0.15, -0.1) is 0 Å². The van der Waals surface area contributed by atoms with Crippen LogP contribution in [0.1, 0.15) is 5.56 Å². The molecule has 0 aliphatic rings. The van der Waals surface area contributed by atoms with Crippen LogP contribution in [0.25, 0.3) is 0 Å². The summed E-state index contributed by atoms with van der Waals surface area (Å²) in [6, 6.07) is 6.31. The normalized spacial score (nSPS) is 8.64. The molecule has 0 heterocycles. The Morgan fingerprint density at radius 3 is 2.73 bits per heavy atom. The van der Waals surface area contributed by atoms with E-state index in [2.05, 4.69) is 0 Å². The summed E-state index contributed by atoms with van der Waals surface area (Å²) in [7, 11) is 0. The molecule has 0 bridgehead atoms. The number of anilines is 1. The van der Waals surface area contributed by atoms with Gasteiger partial charge in [-0.3, -0.25) is 0 Å². The second-order valence-electron chi connectivity index (χ2n) is 2.02. The second-order valence-corrected chi connectivity index (χ2v) is 2.02. The maximum absolute atomic E-state index is 10.1. The van der Waals surface area contributed by atoms with Gasteiger partial charge >= 0.3 is 0 Å². The van der Waals surface area contributed by atoms with E-state index in [4.69, 9.17) is 11.0 Å². The molecular weight excluding hydrogens is 142 g/mol. The van der Waals surface area contributed by atoms with Gasteiger partial charge < -0.3 is 5.73 Å². The lowest BCUT2D eigenvalue weighted by atomic mass is 10.2. The molecule has 1 aromatic carbocycles. The molecule has 4 nitrogen and oxygen atoms in total. The number of nitrogens with two attached hydrogens (primary N) is 1. The summed E-state index contributed by atoms with van der Waals surface area (Å²) in [5.41, 5.74) is 6.46. The first kappa shape index (κ1) is 7.22. The van der Waals surface area contributed by atoms with Gasteiger partial charge in [0.25, 0.3) is 5.69 Å². The van der Waals surface area contributed by atoms with E-state index >= 15 is 0 Å². The first-order valence-electron chi connectivity index (χ1n) is 2.95. The molecule has 0 amide bonds. The van der Waals surface area contributed by atoms with Crippen molar-refractivity contribution in [1.82, 2.24) is 0 Å². The lowest BCUT2D eigenvalue weighted by Gasteiger charge is -1.91. The van der Waals surface area contributed by atoms with Crippen LogP contribution in [0, 0.1) is 16.2 Å². The fourth-order valence-electron chi connectivity index (χ4n) is 0.728. The minimum Gasteiger partial charge on any atom is -0.397 e. The van der Waals surface area contributed by atoms with E-state index in [1.165, 1.54) is 18.2 Å². The number of nitrogens with one attached hydrogen (secondary N) is 1. The Balaban J connectivity index is 3.22. The summed E-state index contributed by atoms with van der Waals surface area (Å²) in [5.74, 6) is 0. The summed E-state index contributed by atoms with van der Waals surface area (Å²) in [5, 5.41) is 10.1. The van der Waals surface area contributed by atoms with Gasteiger partial charge in [-0.05, 0) is 6.07 Å². The van der Waals surface area contributed by atoms with Crippen LogP contribution in [-0.2, 0) is 0 Å². The second kappa shape index (κ2) is 2.80. The molecule has 3 N–H and O–H groups in total. The first-order chi connectivity index (χ1) is 5.27. The monoisotopic (exact) mass is 148 g/mol. The zero-order valence-corrected chi connectivity index (χ0v) is 5.66. The van der Waals surface area contributed by atoms with Gasteiger partial charge in [0.1, 0.15) is 6.07 Å². The van der Waals surface area contributed by atoms with Crippen molar-refractivity contribution in [2.75, 3.05) is 5.73 Å². The van der Waals surface area contributed by atoms with Crippen LogP contribution in [0.4, 0.5) is 11.4 Å². The number of rotatable bonds is 1. The zero-order valence-electron chi connectivity index (χ0n) is 5.66. The fraction of sp³-hybridized carbons (Fsp3) is 0. The van der Waals surface area contributed by atoms with Crippen LogP contribution in [-0.4, -0.2) is 0 Å². The number of nitriles is 1. The third-order valence-corrected chi connectivity index (χ3v) is 1.29. The SMILES string of the molecule is N#Cc1ccc([NH+]=O)cc1N. The lowest BCUT2D eigenvalue weighted by Crippen LogP contribution is -2.55. The molecule has 1 rings (SSSR count). The van der Waals surface area contributed by atoms with Gasteiger partial charge in [0.15, 0.2) is 0 Å². The Morgan fingerprint density at radius 1 is 1.55 bits per heavy atom. The summed E-state index contributed by atoms with van der Waals surface area (Å²) in [6.45, 7) is 0. The van der Waals surface area contributed by atoms with Crippen LogP contribution in [0.3, 0.4) is 0 Å². The Hall–Kier alpha value is -1.89. The molecule has 0 aliphatic heterocycles. The fourth-order valence-corrected chi connectivity index (χ4v) is 0.728. The quantitative estimate of drug-likeness (QED) is 0.532. The van der Waals surface area contributed by atoms with Crippen LogP contribution in [0.15, 0.2) is 18.2 Å². The number of nitrogen functional groups attached to an aromatic ring is 1. The molecule has 0 atom stereocenters. The van der Waals surface area contributed by atoms with Crippen LogP contribution < -0.4 is 10.9 Å². The lowest BCUT2D eigenvalue weighted by molar-refractivity contribution is -0.379. The van der Waals surface area contributed by atoms with Crippen LogP contribution in [0.5, 0.6) is 0 Å². The van der Waals surface area contributed by atoms with Gasteiger partial charge in [0.05, 0.1) is 11.3 Å². The van der Waals surface area contributed by atoms with Crippen molar-refractivity contribution in [2.24, 2.45) is 0 Å². The van der Waals surface area contributed by atoms with Crippen molar-refractivity contribution in [3.8, 4) is 6.07 Å². The van der Waals surface area contributed by atoms with E-state index in [1.807, 2.05) is 6.07 Å². The average molecular weight is 148 g/mol. The molecular formula is C7H6N3O+. The number of hydrogen-bond acceptors (Lipinski definition) is 3. The number of hydrogen-bond donors (Lipinski definition) is 2. The van der Waals surface area contributed by atoms with Crippen molar-refractivity contribution in [1.29, 1.82) is 5.26 Å². The zero-order chi connectivity index (χ0) is 8.27. The highest BCUT2D eigenvalue weighted by molar-refractivity contribution is 5.58. The van der Waals surface area contributed by atoms with Crippen molar-refractivity contribution in [3.05, 3.63) is 28.7 Å². The summed E-state index contributed by atoms with van der Waals surface area (Å²) < 4.78 is 0. The van der Waals surface area contributed by atoms with Gasteiger partial charge in [0.2, 0.25) is 0 Å². The molecule has 4 heteroatoms. The molecule has 0 aliphatic carbocycles. The van der Waals surface area contributed by atoms with Gasteiger partial charge in [-0.25, -0.2) is 0 Å². The van der Waals surface area contributed by atoms with Crippen molar-refractivity contribution in [3.63, 3.8) is 0 Å². The third kappa shape index (κ3) is 1.33. The Morgan fingerprint density at radius 2 is 2.27 bits per heavy atom. The molecule has 1 aromatic rings. The summed E-state index contributed by atoms with van der Waals surface area (Å²) in [6.07, 6.45) is 0. The molecule has 0 aromatic heterocycles. The Labute approximate surface area is 63.2 Å². The van der Waals surface area contributed by atoms with E-state index in [0.717, 1.165) is 0 Å². The van der Waals surface area contributed by atoms with E-state index in [9.17, 15) is 4.91 Å². The Bertz CT molecular complexity index is 327. The van der Waals surface area contributed by atoms with Crippen molar-refractivity contribution in [2.45, 2.75) is 0 Å². The summed E-state index contributed by atoms with van der Waals surface area (Å²) >= 11 is 0. The highest BCUT2D eigenvalue weighted by Gasteiger charge is 2.02. The predicted molar refractivity (Wildman–Crippen MR) is 39.6 cm³/mol. The third-order valence-electron chi connectivity index (χ3n) is 1.29. The molecule has 54 valence electrons. The topological polar surface area (TPSA) is 80.8 Å². The maximum atomic E-state index is 10.1. The highest BCUT2D eigenvalue weighted by atomic mass is 16.3. The number of nitroso groups, excluding NO2 is 1. The molecule has 0 fully saturated rings. The van der Waals surface area contributed by atoms with E-state index in [-0.39, 0.29) is 0 Å². The maximum Gasteiger partial charge on any atom is 0.255 e. The van der Waals surface area contributed by atoms with Gasteiger partial charge in [0, 0.05) is 22.2 Å².